The van der Waals surface area contributed by atoms with Crippen molar-refractivity contribution < 1.29 is 9.53 Å². The first kappa shape index (κ1) is 13.9. The van der Waals surface area contributed by atoms with Crippen LogP contribution in [0.5, 0.6) is 5.75 Å². The van der Waals surface area contributed by atoms with Gasteiger partial charge >= 0.3 is 0 Å². The highest BCUT2D eigenvalue weighted by Crippen LogP contribution is 2.24. The summed E-state index contributed by atoms with van der Waals surface area (Å²) in [4.78, 5) is 15.5. The molecule has 2 heterocycles. The van der Waals surface area contributed by atoms with Gasteiger partial charge in [-0.15, -0.1) is 11.3 Å². The van der Waals surface area contributed by atoms with E-state index in [9.17, 15) is 4.79 Å². The van der Waals surface area contributed by atoms with Crippen molar-refractivity contribution in [1.82, 2.24) is 4.90 Å². The lowest BCUT2D eigenvalue weighted by atomic mass is 10.1. The first-order valence-corrected chi connectivity index (χ1v) is 7.92. The Labute approximate surface area is 128 Å². The molecule has 2 N–H and O–H groups in total. The van der Waals surface area contributed by atoms with Gasteiger partial charge in [-0.25, -0.2) is 0 Å². The van der Waals surface area contributed by atoms with E-state index in [1.807, 2.05) is 23.1 Å². The van der Waals surface area contributed by atoms with E-state index < -0.39 is 0 Å². The Hall–Kier alpha value is -2.01. The number of ether oxygens (including phenoxy) is 1. The fourth-order valence-corrected chi connectivity index (χ4v) is 3.37. The summed E-state index contributed by atoms with van der Waals surface area (Å²) in [6, 6.07) is 9.45. The zero-order chi connectivity index (χ0) is 14.7. The van der Waals surface area contributed by atoms with E-state index in [2.05, 4.69) is 11.4 Å². The summed E-state index contributed by atoms with van der Waals surface area (Å²) in [6.45, 7) is 1.89. The summed E-state index contributed by atoms with van der Waals surface area (Å²) >= 11 is 1.78. The maximum atomic E-state index is 12.2. The molecule has 3 rings (SSSR count). The Morgan fingerprint density at radius 1 is 1.33 bits per heavy atom. The summed E-state index contributed by atoms with van der Waals surface area (Å²) < 4.78 is 5.58. The van der Waals surface area contributed by atoms with Crippen LogP contribution < -0.4 is 10.5 Å². The molecule has 2 aromatic rings. The van der Waals surface area contributed by atoms with Gasteiger partial charge in [0, 0.05) is 18.0 Å². The number of carbonyl (C=O) groups is 1. The predicted molar refractivity (Wildman–Crippen MR) is 84.4 cm³/mol. The van der Waals surface area contributed by atoms with Crippen molar-refractivity contribution >= 4 is 22.9 Å². The molecule has 1 amide bonds. The quantitative estimate of drug-likeness (QED) is 0.884. The molecule has 1 aliphatic rings. The number of fused-ring (bicyclic) bond motifs is 1. The van der Waals surface area contributed by atoms with Crippen LogP contribution in [0.25, 0.3) is 0 Å². The van der Waals surface area contributed by atoms with Crippen molar-refractivity contribution in [2.24, 2.45) is 0 Å². The fourth-order valence-electron chi connectivity index (χ4n) is 2.48. The second-order valence-corrected chi connectivity index (χ2v) is 6.07. The molecule has 1 aliphatic heterocycles. The maximum absolute atomic E-state index is 12.2. The van der Waals surface area contributed by atoms with Gasteiger partial charge in [-0.3, -0.25) is 4.79 Å². The molecule has 0 aliphatic carbocycles. The molecule has 0 radical (unpaired) electrons. The number of hydrogen-bond acceptors (Lipinski definition) is 4. The SMILES string of the molecule is Nc1ccccc1OCCC(=O)N1CCc2sccc2C1. The minimum Gasteiger partial charge on any atom is -0.491 e. The van der Waals surface area contributed by atoms with E-state index in [1.165, 1.54) is 10.4 Å². The van der Waals surface area contributed by atoms with E-state index in [4.69, 9.17) is 10.5 Å². The number of para-hydroxylation sites is 2. The molecule has 1 aromatic heterocycles. The number of carbonyl (C=O) groups excluding carboxylic acids is 1. The van der Waals surface area contributed by atoms with Crippen molar-refractivity contribution in [3.05, 3.63) is 46.2 Å². The molecule has 0 bridgehead atoms. The fraction of sp³-hybridized carbons (Fsp3) is 0.312. The lowest BCUT2D eigenvalue weighted by Crippen LogP contribution is -2.36. The molecule has 1 aromatic carbocycles. The number of hydrogen-bond donors (Lipinski definition) is 1. The first-order valence-electron chi connectivity index (χ1n) is 7.04. The lowest BCUT2D eigenvalue weighted by Gasteiger charge is -2.27. The molecule has 5 heteroatoms. The van der Waals surface area contributed by atoms with Crippen LogP contribution in [-0.4, -0.2) is 24.0 Å². The Bertz CT molecular complexity index is 639. The van der Waals surface area contributed by atoms with Crippen LogP contribution in [0.2, 0.25) is 0 Å². The highest BCUT2D eigenvalue weighted by atomic mass is 32.1. The number of nitrogens with two attached hydrogens (primary N) is 1. The van der Waals surface area contributed by atoms with Gasteiger partial charge in [0.1, 0.15) is 5.75 Å². The largest absolute Gasteiger partial charge is 0.491 e. The number of nitrogen functional groups attached to an aromatic ring is 1. The molecular weight excluding hydrogens is 284 g/mol. The standard InChI is InChI=1S/C16H18N2O2S/c17-13-3-1-2-4-14(13)20-9-6-16(19)18-8-5-15-12(11-18)7-10-21-15/h1-4,7,10H,5-6,8-9,11,17H2. The Balaban J connectivity index is 1.50. The second-order valence-electron chi connectivity index (χ2n) is 5.07. The minimum absolute atomic E-state index is 0.140. The number of anilines is 1. The number of benzene rings is 1. The first-order chi connectivity index (χ1) is 10.2. The third-order valence-corrected chi connectivity index (χ3v) is 4.68. The molecular formula is C16H18N2O2S. The van der Waals surface area contributed by atoms with Crippen molar-refractivity contribution in [1.29, 1.82) is 0 Å². The maximum Gasteiger partial charge on any atom is 0.226 e. The summed E-state index contributed by atoms with van der Waals surface area (Å²) in [6.07, 6.45) is 1.35. The van der Waals surface area contributed by atoms with E-state index in [0.29, 0.717) is 24.5 Å². The number of thiophene rings is 1. The van der Waals surface area contributed by atoms with Crippen LogP contribution in [0.3, 0.4) is 0 Å². The Morgan fingerprint density at radius 3 is 3.05 bits per heavy atom. The third kappa shape index (κ3) is 3.19. The van der Waals surface area contributed by atoms with Gasteiger partial charge in [0.2, 0.25) is 5.91 Å². The predicted octanol–water partition coefficient (Wildman–Crippen LogP) is 2.68. The lowest BCUT2D eigenvalue weighted by molar-refractivity contribution is -0.132. The van der Waals surface area contributed by atoms with Crippen molar-refractivity contribution in [2.45, 2.75) is 19.4 Å². The second kappa shape index (κ2) is 6.18. The van der Waals surface area contributed by atoms with Crippen molar-refractivity contribution in [3.63, 3.8) is 0 Å². The monoisotopic (exact) mass is 302 g/mol. The van der Waals surface area contributed by atoms with Crippen molar-refractivity contribution in [2.75, 3.05) is 18.9 Å². The Kier molecular flexibility index (Phi) is 4.10. The molecule has 0 saturated heterocycles. The van der Waals surface area contributed by atoms with E-state index >= 15 is 0 Å². The summed E-state index contributed by atoms with van der Waals surface area (Å²) in [5, 5.41) is 2.10. The molecule has 21 heavy (non-hydrogen) atoms. The average Bonchev–Trinajstić information content (AvgIpc) is 2.96. The third-order valence-electron chi connectivity index (χ3n) is 3.65. The van der Waals surface area contributed by atoms with Crippen LogP contribution in [0.4, 0.5) is 5.69 Å². The van der Waals surface area contributed by atoms with Crippen LogP contribution in [-0.2, 0) is 17.8 Å². The number of amides is 1. The topological polar surface area (TPSA) is 55.6 Å². The van der Waals surface area contributed by atoms with Crippen LogP contribution in [0, 0.1) is 0 Å². The zero-order valence-corrected chi connectivity index (χ0v) is 12.6. The molecule has 0 saturated carbocycles. The van der Waals surface area contributed by atoms with Gasteiger partial charge in [-0.1, -0.05) is 12.1 Å². The van der Waals surface area contributed by atoms with Gasteiger partial charge in [-0.2, -0.15) is 0 Å². The van der Waals surface area contributed by atoms with Gasteiger partial charge in [0.05, 0.1) is 18.7 Å². The molecule has 0 atom stereocenters. The van der Waals surface area contributed by atoms with Crippen molar-refractivity contribution in [3.8, 4) is 5.75 Å². The highest BCUT2D eigenvalue weighted by Gasteiger charge is 2.21. The smallest absolute Gasteiger partial charge is 0.226 e. The molecule has 4 nitrogen and oxygen atoms in total. The summed E-state index contributed by atoms with van der Waals surface area (Å²) in [5.74, 6) is 0.783. The molecule has 0 fully saturated rings. The summed E-state index contributed by atoms with van der Waals surface area (Å²) in [5.41, 5.74) is 7.69. The molecule has 0 spiro atoms. The molecule has 0 unspecified atom stereocenters. The van der Waals surface area contributed by atoms with Crippen LogP contribution in [0.1, 0.15) is 16.9 Å². The Morgan fingerprint density at radius 2 is 2.19 bits per heavy atom. The van der Waals surface area contributed by atoms with E-state index in [1.54, 1.807) is 17.4 Å². The number of rotatable bonds is 4. The number of nitrogens with zero attached hydrogens (tertiary/aromatic N) is 1. The summed E-state index contributed by atoms with van der Waals surface area (Å²) in [7, 11) is 0. The highest BCUT2D eigenvalue weighted by molar-refractivity contribution is 7.10. The van der Waals surface area contributed by atoms with Gasteiger partial charge in [-0.05, 0) is 35.6 Å². The zero-order valence-electron chi connectivity index (χ0n) is 11.7. The van der Waals surface area contributed by atoms with Gasteiger partial charge in [0.25, 0.3) is 0 Å². The van der Waals surface area contributed by atoms with Gasteiger partial charge in [0.15, 0.2) is 0 Å². The average molecular weight is 302 g/mol. The van der Waals surface area contributed by atoms with E-state index in [0.717, 1.165) is 19.5 Å². The van der Waals surface area contributed by atoms with Crippen LogP contribution in [0.15, 0.2) is 35.7 Å². The minimum atomic E-state index is 0.140. The normalized spacial score (nSPS) is 13.8. The van der Waals surface area contributed by atoms with E-state index in [-0.39, 0.29) is 5.91 Å². The molecule has 110 valence electrons. The van der Waals surface area contributed by atoms with Gasteiger partial charge < -0.3 is 15.4 Å². The van der Waals surface area contributed by atoms with Crippen LogP contribution >= 0.6 is 11.3 Å².